The number of aromatic nitrogens is 1. The molecular formula is C21H27N4O5+. The summed E-state index contributed by atoms with van der Waals surface area (Å²) >= 11 is 0. The van der Waals surface area contributed by atoms with Crippen molar-refractivity contribution in [2.45, 2.75) is 57.8 Å². The number of nitrogens with one attached hydrogen (secondary N) is 3. The van der Waals surface area contributed by atoms with E-state index in [1.807, 2.05) is 24.3 Å². The highest BCUT2D eigenvalue weighted by Crippen LogP contribution is 2.23. The number of aliphatic hydroxyl groups is 1. The molecule has 0 radical (unpaired) electrons. The van der Waals surface area contributed by atoms with Crippen molar-refractivity contribution in [1.82, 2.24) is 10.3 Å². The lowest BCUT2D eigenvalue weighted by atomic mass is 9.94. The van der Waals surface area contributed by atoms with Crippen molar-refractivity contribution in [3.63, 3.8) is 0 Å². The van der Waals surface area contributed by atoms with E-state index in [9.17, 15) is 19.5 Å². The maximum absolute atomic E-state index is 12.8. The number of rotatable bonds is 10. The third-order valence-corrected chi connectivity index (χ3v) is 4.53. The van der Waals surface area contributed by atoms with E-state index in [-0.39, 0.29) is 19.3 Å². The SMILES string of the molecule is CC(C)OC(=O)[C@H](CCC(=O)C=[N+]=N)NC(=O)C(C)(O)Cc1c[nH]c2ccccc12. The number of H-pyrrole nitrogens is 1. The molecule has 1 aromatic carbocycles. The standard InChI is InChI=1S/C21H26N4O5/c1-13(2)30-19(27)18(9-8-15(26)12-24-22)25-20(28)21(3,29)10-14-11-23-17-7-5-4-6-16(14)17/h4-7,11-13,18,22-23,29H,8-10H2,1-3H3/p+1/t18-,21?/m0/s1. The second kappa shape index (κ2) is 9.96. The molecule has 9 nitrogen and oxygen atoms in total. The predicted octanol–water partition coefficient (Wildman–Crippen LogP) is 1.56. The lowest BCUT2D eigenvalue weighted by Gasteiger charge is -2.26. The molecule has 4 N–H and O–H groups in total. The molecule has 0 saturated heterocycles. The first-order chi connectivity index (χ1) is 14.1. The third kappa shape index (κ3) is 6.10. The van der Waals surface area contributed by atoms with Crippen LogP contribution in [0.2, 0.25) is 0 Å². The Morgan fingerprint density at radius 3 is 2.70 bits per heavy atom. The summed E-state index contributed by atoms with van der Waals surface area (Å²) in [6, 6.07) is 6.41. The van der Waals surface area contributed by atoms with Gasteiger partial charge in [0.1, 0.15) is 11.6 Å². The van der Waals surface area contributed by atoms with Gasteiger partial charge in [0, 0.05) is 29.9 Å². The number of amides is 1. The number of benzene rings is 1. The minimum absolute atomic E-state index is 0.0270. The van der Waals surface area contributed by atoms with Crippen LogP contribution in [0.5, 0.6) is 0 Å². The summed E-state index contributed by atoms with van der Waals surface area (Å²) in [4.78, 5) is 42.8. The van der Waals surface area contributed by atoms with Crippen LogP contribution in [0.1, 0.15) is 39.2 Å². The van der Waals surface area contributed by atoms with Crippen LogP contribution in [-0.2, 0) is 25.5 Å². The number of hydrogen-bond donors (Lipinski definition) is 4. The van der Waals surface area contributed by atoms with E-state index in [1.165, 1.54) is 6.92 Å². The number of ether oxygens (including phenoxy) is 1. The van der Waals surface area contributed by atoms with E-state index in [1.54, 1.807) is 20.0 Å². The molecule has 1 aromatic heterocycles. The molecule has 1 amide bonds. The molecule has 2 aromatic rings. The normalized spacial score (nSPS) is 13.9. The fourth-order valence-corrected chi connectivity index (χ4v) is 3.03. The number of nitrogens with zero attached hydrogens (tertiary/aromatic N) is 1. The molecular weight excluding hydrogens is 388 g/mol. The quantitative estimate of drug-likeness (QED) is 0.201. The first kappa shape index (κ1) is 23.0. The molecule has 0 bridgehead atoms. The second-order valence-corrected chi connectivity index (χ2v) is 7.59. The van der Waals surface area contributed by atoms with Crippen LogP contribution in [0.15, 0.2) is 30.5 Å². The van der Waals surface area contributed by atoms with Crippen LogP contribution in [0.3, 0.4) is 0 Å². The molecule has 9 heteroatoms. The fourth-order valence-electron chi connectivity index (χ4n) is 3.03. The lowest BCUT2D eigenvalue weighted by molar-refractivity contribution is -0.154. The maximum Gasteiger partial charge on any atom is 0.372 e. The Hall–Kier alpha value is -3.29. The summed E-state index contributed by atoms with van der Waals surface area (Å²) in [6.07, 6.45) is 2.04. The minimum Gasteiger partial charge on any atom is -0.461 e. The van der Waals surface area contributed by atoms with Gasteiger partial charge >= 0.3 is 12.2 Å². The average molecular weight is 415 g/mol. The van der Waals surface area contributed by atoms with E-state index in [2.05, 4.69) is 15.1 Å². The van der Waals surface area contributed by atoms with Gasteiger partial charge in [0.25, 0.3) is 5.91 Å². The molecule has 2 atom stereocenters. The van der Waals surface area contributed by atoms with Gasteiger partial charge in [0.15, 0.2) is 0 Å². The highest BCUT2D eigenvalue weighted by Gasteiger charge is 2.35. The van der Waals surface area contributed by atoms with Gasteiger partial charge in [-0.15, -0.1) is 0 Å². The number of fused-ring (bicyclic) bond motifs is 1. The Bertz CT molecular complexity index is 973. The summed E-state index contributed by atoms with van der Waals surface area (Å²) in [6.45, 7) is 4.70. The summed E-state index contributed by atoms with van der Waals surface area (Å²) in [5, 5.41) is 14.2. The number of hydrogen-bond acceptors (Lipinski definition) is 6. The first-order valence-electron chi connectivity index (χ1n) is 9.65. The Morgan fingerprint density at radius 1 is 1.33 bits per heavy atom. The fraction of sp³-hybridized carbons (Fsp3) is 0.429. The zero-order valence-electron chi connectivity index (χ0n) is 17.3. The van der Waals surface area contributed by atoms with Gasteiger partial charge in [-0.25, -0.2) is 4.79 Å². The molecule has 0 spiro atoms. The van der Waals surface area contributed by atoms with E-state index in [4.69, 9.17) is 10.3 Å². The third-order valence-electron chi connectivity index (χ3n) is 4.53. The minimum atomic E-state index is -1.80. The van der Waals surface area contributed by atoms with Gasteiger partial charge in [-0.1, -0.05) is 18.2 Å². The van der Waals surface area contributed by atoms with Crippen molar-refractivity contribution < 1.29 is 29.0 Å². The largest absolute Gasteiger partial charge is 0.461 e. The van der Waals surface area contributed by atoms with Crippen molar-refractivity contribution in [3.8, 4) is 0 Å². The van der Waals surface area contributed by atoms with Gasteiger partial charge in [0.2, 0.25) is 5.78 Å². The molecule has 0 aliphatic heterocycles. The molecule has 30 heavy (non-hydrogen) atoms. The molecule has 0 aliphatic carbocycles. The molecule has 1 heterocycles. The molecule has 160 valence electrons. The van der Waals surface area contributed by atoms with Crippen LogP contribution >= 0.6 is 0 Å². The number of ketones is 1. The van der Waals surface area contributed by atoms with Crippen LogP contribution < -0.4 is 5.32 Å². The van der Waals surface area contributed by atoms with E-state index in [0.29, 0.717) is 0 Å². The average Bonchev–Trinajstić information content (AvgIpc) is 3.07. The number of para-hydroxylation sites is 1. The van der Waals surface area contributed by atoms with E-state index in [0.717, 1.165) is 22.7 Å². The van der Waals surface area contributed by atoms with Crippen LogP contribution in [0.25, 0.3) is 10.9 Å². The van der Waals surface area contributed by atoms with E-state index >= 15 is 0 Å². The second-order valence-electron chi connectivity index (χ2n) is 7.59. The topological polar surface area (TPSA) is 146 Å². The predicted molar refractivity (Wildman–Crippen MR) is 109 cm³/mol. The summed E-state index contributed by atoms with van der Waals surface area (Å²) in [7, 11) is 0. The van der Waals surface area contributed by atoms with Crippen LogP contribution in [-0.4, -0.2) is 56.5 Å². The zero-order valence-corrected chi connectivity index (χ0v) is 17.3. The Kier molecular flexibility index (Phi) is 7.63. The van der Waals surface area contributed by atoms with Crippen molar-refractivity contribution >= 4 is 34.8 Å². The smallest absolute Gasteiger partial charge is 0.372 e. The highest BCUT2D eigenvalue weighted by molar-refractivity contribution is 6.25. The number of carbonyl (C=O) groups is 3. The summed E-state index contributed by atoms with van der Waals surface area (Å²) in [5.41, 5.74) is 6.54. The Balaban J connectivity index is 2.13. The zero-order chi connectivity index (χ0) is 22.3. The van der Waals surface area contributed by atoms with Gasteiger partial charge in [-0.05, 0) is 38.8 Å². The number of Topliss-reactive ketones (excluding diaryl/α,β-unsaturated/α-hetero) is 1. The number of esters is 1. The van der Waals surface area contributed by atoms with Crippen LogP contribution in [0.4, 0.5) is 0 Å². The maximum atomic E-state index is 12.8. The van der Waals surface area contributed by atoms with Gasteiger partial charge in [-0.3, -0.25) is 9.59 Å². The summed E-state index contributed by atoms with van der Waals surface area (Å²) in [5.74, 6) is -1.90. The number of carbonyl (C=O) groups excluding carboxylic acids is 3. The van der Waals surface area contributed by atoms with Crippen molar-refractivity contribution in [2.24, 2.45) is 0 Å². The Morgan fingerprint density at radius 2 is 2.03 bits per heavy atom. The van der Waals surface area contributed by atoms with Crippen LogP contribution in [0, 0.1) is 5.53 Å². The molecule has 0 saturated carbocycles. The highest BCUT2D eigenvalue weighted by atomic mass is 16.5. The number of aromatic amines is 1. The first-order valence-corrected chi connectivity index (χ1v) is 9.65. The van der Waals surface area contributed by atoms with Gasteiger partial charge < -0.3 is 20.1 Å². The Labute approximate surface area is 174 Å². The van der Waals surface area contributed by atoms with Gasteiger partial charge in [0.05, 0.1) is 16.4 Å². The van der Waals surface area contributed by atoms with Gasteiger partial charge in [-0.2, -0.15) is 0 Å². The van der Waals surface area contributed by atoms with Crippen molar-refractivity contribution in [3.05, 3.63) is 36.0 Å². The summed E-state index contributed by atoms with van der Waals surface area (Å²) < 4.78 is 5.16. The monoisotopic (exact) mass is 415 g/mol. The molecule has 1 unspecified atom stereocenters. The molecule has 0 aliphatic rings. The van der Waals surface area contributed by atoms with E-state index < -0.39 is 35.4 Å². The molecule has 0 fully saturated rings. The lowest BCUT2D eigenvalue weighted by Crippen LogP contribution is -2.52. The van der Waals surface area contributed by atoms with Crippen molar-refractivity contribution in [2.75, 3.05) is 0 Å². The van der Waals surface area contributed by atoms with Crippen molar-refractivity contribution in [1.29, 1.82) is 5.53 Å². The molecule has 2 rings (SSSR count).